The van der Waals surface area contributed by atoms with Crippen molar-refractivity contribution in [1.29, 1.82) is 0 Å². The van der Waals surface area contributed by atoms with Crippen LogP contribution in [-0.2, 0) is 6.61 Å². The maximum Gasteiger partial charge on any atom is 0.277 e. The van der Waals surface area contributed by atoms with Crippen molar-refractivity contribution in [3.8, 4) is 5.75 Å². The van der Waals surface area contributed by atoms with Crippen LogP contribution in [0.1, 0.15) is 16.2 Å². The highest BCUT2D eigenvalue weighted by Crippen LogP contribution is 2.20. The maximum atomic E-state index is 12.1. The fourth-order valence-electron chi connectivity index (χ4n) is 1.88. The molecule has 0 atom stereocenters. The highest BCUT2D eigenvalue weighted by atomic mass is 127. The van der Waals surface area contributed by atoms with Crippen molar-refractivity contribution in [2.45, 2.75) is 11.8 Å². The Balaban J connectivity index is 1.50. The molecule has 8 heteroatoms. The predicted molar refractivity (Wildman–Crippen MR) is 104 cm³/mol. The van der Waals surface area contributed by atoms with Crippen LogP contribution in [0.5, 0.6) is 5.75 Å². The zero-order valence-corrected chi connectivity index (χ0v) is 16.5. The number of benzene rings is 2. The molecule has 0 radical (unpaired) electrons. The zero-order valence-electron chi connectivity index (χ0n) is 12.8. The normalized spacial score (nSPS) is 10.6. The molecular weight excluding hydrogens is 475 g/mol. The van der Waals surface area contributed by atoms with Gasteiger partial charge in [-0.05, 0) is 59.0 Å². The van der Waals surface area contributed by atoms with E-state index < -0.39 is 0 Å². The summed E-state index contributed by atoms with van der Waals surface area (Å²) in [6.07, 6.45) is 0. The van der Waals surface area contributed by atoms with Gasteiger partial charge in [0.1, 0.15) is 5.75 Å². The molecule has 25 heavy (non-hydrogen) atoms. The highest BCUT2D eigenvalue weighted by molar-refractivity contribution is 14.1. The Labute approximate surface area is 167 Å². The molecule has 2 aromatic carbocycles. The van der Waals surface area contributed by atoms with Gasteiger partial charge in [-0.1, -0.05) is 35.5 Å². The molecule has 0 saturated carbocycles. The van der Waals surface area contributed by atoms with E-state index in [4.69, 9.17) is 20.8 Å². The molecular formula is C17H12ClIN2O3S. The third-order valence-corrected chi connectivity index (χ3v) is 4.91. The SMILES string of the molecule is O=C(CSc1nnc(COc2ccc(Cl)cc2)o1)c1ccc(I)cc1. The second kappa shape index (κ2) is 8.68. The Bertz CT molecular complexity index is 853. The van der Waals surface area contributed by atoms with E-state index >= 15 is 0 Å². The van der Waals surface area contributed by atoms with Gasteiger partial charge in [0.2, 0.25) is 0 Å². The second-order valence-corrected chi connectivity index (χ2v) is 7.53. The van der Waals surface area contributed by atoms with Crippen LogP contribution >= 0.6 is 46.0 Å². The Morgan fingerprint density at radius 3 is 2.56 bits per heavy atom. The van der Waals surface area contributed by atoms with Crippen LogP contribution in [0.3, 0.4) is 0 Å². The molecule has 0 spiro atoms. The average Bonchev–Trinajstić information content (AvgIpc) is 3.08. The summed E-state index contributed by atoms with van der Waals surface area (Å²) in [6.45, 7) is 0.153. The molecule has 5 nitrogen and oxygen atoms in total. The van der Waals surface area contributed by atoms with E-state index in [9.17, 15) is 4.79 Å². The van der Waals surface area contributed by atoms with Gasteiger partial charge < -0.3 is 9.15 Å². The zero-order chi connectivity index (χ0) is 17.6. The van der Waals surface area contributed by atoms with Crippen LogP contribution in [0, 0.1) is 3.57 Å². The fourth-order valence-corrected chi connectivity index (χ4v) is 3.04. The molecule has 0 N–H and O–H groups in total. The highest BCUT2D eigenvalue weighted by Gasteiger charge is 2.11. The van der Waals surface area contributed by atoms with Crippen molar-refractivity contribution in [2.75, 3.05) is 5.75 Å². The molecule has 0 unspecified atom stereocenters. The lowest BCUT2D eigenvalue weighted by molar-refractivity contribution is 0.102. The second-order valence-electron chi connectivity index (χ2n) is 4.92. The first-order valence-corrected chi connectivity index (χ1v) is 9.67. The fraction of sp³-hybridized carbons (Fsp3) is 0.118. The Morgan fingerprint density at radius 2 is 1.84 bits per heavy atom. The molecule has 0 aliphatic rings. The number of aromatic nitrogens is 2. The van der Waals surface area contributed by atoms with Gasteiger partial charge in [0.25, 0.3) is 11.1 Å². The van der Waals surface area contributed by atoms with E-state index in [1.54, 1.807) is 24.3 Å². The first kappa shape index (κ1) is 18.2. The molecule has 0 bridgehead atoms. The van der Waals surface area contributed by atoms with Crippen molar-refractivity contribution in [3.05, 3.63) is 68.6 Å². The average molecular weight is 487 g/mol. The molecule has 3 rings (SSSR count). The van der Waals surface area contributed by atoms with E-state index in [0.29, 0.717) is 27.4 Å². The monoisotopic (exact) mass is 486 g/mol. The minimum Gasteiger partial charge on any atom is -0.484 e. The molecule has 0 aliphatic carbocycles. The number of halogens is 2. The number of Topliss-reactive ketones (excluding diaryl/α,β-unsaturated/α-hetero) is 1. The quantitative estimate of drug-likeness (QED) is 0.269. The van der Waals surface area contributed by atoms with Gasteiger partial charge in [0.05, 0.1) is 5.75 Å². The van der Waals surface area contributed by atoms with E-state index in [0.717, 1.165) is 3.57 Å². The smallest absolute Gasteiger partial charge is 0.277 e. The van der Waals surface area contributed by atoms with Crippen LogP contribution < -0.4 is 4.74 Å². The number of ketones is 1. The maximum absolute atomic E-state index is 12.1. The number of ether oxygens (including phenoxy) is 1. The Kier molecular flexibility index (Phi) is 6.33. The first-order valence-electron chi connectivity index (χ1n) is 7.22. The molecule has 1 heterocycles. The molecule has 0 amide bonds. The topological polar surface area (TPSA) is 65.2 Å². The number of rotatable bonds is 7. The van der Waals surface area contributed by atoms with Crippen LogP contribution in [0.4, 0.5) is 0 Å². The third kappa shape index (κ3) is 5.45. The van der Waals surface area contributed by atoms with Gasteiger partial charge >= 0.3 is 0 Å². The van der Waals surface area contributed by atoms with Crippen LogP contribution in [0.15, 0.2) is 58.2 Å². The molecule has 1 aromatic heterocycles. The lowest BCUT2D eigenvalue weighted by Crippen LogP contribution is -2.02. The minimum absolute atomic E-state index is 0.0126. The van der Waals surface area contributed by atoms with Crippen LogP contribution in [-0.4, -0.2) is 21.7 Å². The standard InChI is InChI=1S/C17H12ClIN2O3S/c18-12-3-7-14(8-4-12)23-9-16-20-21-17(24-16)25-10-15(22)11-1-5-13(19)6-2-11/h1-8H,9-10H2. The molecule has 0 saturated heterocycles. The minimum atomic E-state index is 0.0126. The Morgan fingerprint density at radius 1 is 1.12 bits per heavy atom. The summed E-state index contributed by atoms with van der Waals surface area (Å²) in [5.41, 5.74) is 0.665. The summed E-state index contributed by atoms with van der Waals surface area (Å²) < 4.78 is 12.1. The number of nitrogens with zero attached hydrogens (tertiary/aromatic N) is 2. The Hall–Kier alpha value is -1.58. The molecule has 0 aliphatic heterocycles. The third-order valence-electron chi connectivity index (χ3n) is 3.12. The van der Waals surface area contributed by atoms with Gasteiger partial charge in [-0.15, -0.1) is 10.2 Å². The van der Waals surface area contributed by atoms with Gasteiger partial charge in [-0.3, -0.25) is 4.79 Å². The summed E-state index contributed by atoms with van der Waals surface area (Å²) in [5.74, 6) is 1.25. The van der Waals surface area contributed by atoms with Crippen molar-refractivity contribution < 1.29 is 13.9 Å². The summed E-state index contributed by atoms with van der Waals surface area (Å²) in [7, 11) is 0. The van der Waals surface area contributed by atoms with Gasteiger partial charge in [0.15, 0.2) is 12.4 Å². The lowest BCUT2D eigenvalue weighted by atomic mass is 10.2. The van der Waals surface area contributed by atoms with E-state index in [1.165, 1.54) is 11.8 Å². The number of carbonyl (C=O) groups is 1. The predicted octanol–water partition coefficient (Wildman–Crippen LogP) is 4.88. The summed E-state index contributed by atoms with van der Waals surface area (Å²) in [5, 5.41) is 8.81. The van der Waals surface area contributed by atoms with Gasteiger partial charge in [0, 0.05) is 14.2 Å². The number of hydrogen-bond acceptors (Lipinski definition) is 6. The largest absolute Gasteiger partial charge is 0.484 e. The van der Waals surface area contributed by atoms with Crippen molar-refractivity contribution in [2.24, 2.45) is 0 Å². The lowest BCUT2D eigenvalue weighted by Gasteiger charge is -2.02. The van der Waals surface area contributed by atoms with E-state index in [1.807, 2.05) is 24.3 Å². The summed E-state index contributed by atoms with van der Waals surface area (Å²) in [6, 6.07) is 14.4. The van der Waals surface area contributed by atoms with Crippen molar-refractivity contribution >= 4 is 51.7 Å². The van der Waals surface area contributed by atoms with Gasteiger partial charge in [-0.2, -0.15) is 0 Å². The molecule has 128 valence electrons. The summed E-state index contributed by atoms with van der Waals surface area (Å²) >= 11 is 9.22. The van der Waals surface area contributed by atoms with Crippen molar-refractivity contribution in [1.82, 2.24) is 10.2 Å². The van der Waals surface area contributed by atoms with Crippen molar-refractivity contribution in [3.63, 3.8) is 0 Å². The number of hydrogen-bond donors (Lipinski definition) is 0. The van der Waals surface area contributed by atoms with E-state index in [2.05, 4.69) is 32.8 Å². The molecule has 3 aromatic rings. The van der Waals surface area contributed by atoms with Gasteiger partial charge in [-0.25, -0.2) is 0 Å². The first-order chi connectivity index (χ1) is 12.1. The number of carbonyl (C=O) groups excluding carboxylic acids is 1. The van der Waals surface area contributed by atoms with Crippen LogP contribution in [0.25, 0.3) is 0 Å². The van der Waals surface area contributed by atoms with Crippen LogP contribution in [0.2, 0.25) is 5.02 Å². The summed E-state index contributed by atoms with van der Waals surface area (Å²) in [4.78, 5) is 12.1. The van der Waals surface area contributed by atoms with E-state index in [-0.39, 0.29) is 18.1 Å². The number of thioether (sulfide) groups is 1. The molecule has 0 fully saturated rings.